The summed E-state index contributed by atoms with van der Waals surface area (Å²) < 4.78 is 64.6. The summed E-state index contributed by atoms with van der Waals surface area (Å²) in [6, 6.07) is 4.75. The quantitative estimate of drug-likeness (QED) is 0.904. The molecule has 0 radical (unpaired) electrons. The molecule has 0 aromatic heterocycles. The van der Waals surface area contributed by atoms with Crippen LogP contribution in [0.1, 0.15) is 19.4 Å². The lowest BCUT2D eigenvalue weighted by Crippen LogP contribution is -2.51. The third kappa shape index (κ3) is 3.38. The van der Waals surface area contributed by atoms with Crippen molar-refractivity contribution in [3.8, 4) is 0 Å². The average molecular weight is 324 g/mol. The SMILES string of the molecule is CCNC(C)(c1ccc(S(=O)(=O)N(C)C)cc1)C(F)(F)F. The van der Waals surface area contributed by atoms with Gasteiger partial charge in [-0.25, -0.2) is 12.7 Å². The molecule has 0 saturated carbocycles. The summed E-state index contributed by atoms with van der Waals surface area (Å²) in [5, 5.41) is 2.41. The molecular weight excluding hydrogens is 305 g/mol. The van der Waals surface area contributed by atoms with Crippen molar-refractivity contribution < 1.29 is 21.6 Å². The van der Waals surface area contributed by atoms with E-state index >= 15 is 0 Å². The van der Waals surface area contributed by atoms with Crippen molar-refractivity contribution in [2.45, 2.75) is 30.5 Å². The molecule has 21 heavy (non-hydrogen) atoms. The van der Waals surface area contributed by atoms with Gasteiger partial charge in [0.05, 0.1) is 4.90 Å². The van der Waals surface area contributed by atoms with E-state index in [1.807, 2.05) is 0 Å². The van der Waals surface area contributed by atoms with Gasteiger partial charge in [-0.15, -0.1) is 0 Å². The summed E-state index contributed by atoms with van der Waals surface area (Å²) in [6.45, 7) is 2.74. The van der Waals surface area contributed by atoms with Gasteiger partial charge in [-0.05, 0) is 31.2 Å². The second-order valence-electron chi connectivity index (χ2n) is 4.96. The Morgan fingerprint density at radius 3 is 1.95 bits per heavy atom. The van der Waals surface area contributed by atoms with Crippen LogP contribution in [0.5, 0.6) is 0 Å². The van der Waals surface area contributed by atoms with Crippen LogP contribution in [-0.2, 0) is 15.6 Å². The molecular formula is C13H19F3N2O2S. The Morgan fingerprint density at radius 2 is 1.62 bits per heavy atom. The summed E-state index contributed by atoms with van der Waals surface area (Å²) in [7, 11) is -0.930. The van der Waals surface area contributed by atoms with Crippen LogP contribution in [0.15, 0.2) is 29.2 Å². The standard InChI is InChI=1S/C13H19F3N2O2S/c1-5-17-12(2,13(14,15)16)10-6-8-11(9-7-10)21(19,20)18(3)4/h6-9,17H,5H2,1-4H3. The van der Waals surface area contributed by atoms with E-state index in [2.05, 4.69) is 5.32 Å². The molecule has 1 unspecified atom stereocenters. The fraction of sp³-hybridized carbons (Fsp3) is 0.538. The molecule has 1 aromatic rings. The van der Waals surface area contributed by atoms with E-state index in [4.69, 9.17) is 0 Å². The van der Waals surface area contributed by atoms with Crippen LogP contribution in [0.2, 0.25) is 0 Å². The highest BCUT2D eigenvalue weighted by atomic mass is 32.2. The number of nitrogens with zero attached hydrogens (tertiary/aromatic N) is 1. The molecule has 1 atom stereocenters. The van der Waals surface area contributed by atoms with Crippen molar-refractivity contribution >= 4 is 10.0 Å². The molecule has 0 fully saturated rings. The number of alkyl halides is 3. The molecule has 0 amide bonds. The van der Waals surface area contributed by atoms with Gasteiger partial charge in [0.1, 0.15) is 5.54 Å². The van der Waals surface area contributed by atoms with Crippen LogP contribution in [0.4, 0.5) is 13.2 Å². The number of hydrogen-bond acceptors (Lipinski definition) is 3. The summed E-state index contributed by atoms with van der Waals surface area (Å²) in [5.74, 6) is 0. The second-order valence-corrected chi connectivity index (χ2v) is 7.12. The van der Waals surface area contributed by atoms with Crippen LogP contribution in [0, 0.1) is 0 Å². The van der Waals surface area contributed by atoms with Gasteiger partial charge in [-0.2, -0.15) is 13.2 Å². The van der Waals surface area contributed by atoms with E-state index in [1.165, 1.54) is 38.4 Å². The third-order valence-corrected chi connectivity index (χ3v) is 5.14. The molecule has 0 spiro atoms. The highest BCUT2D eigenvalue weighted by molar-refractivity contribution is 7.89. The molecule has 0 aliphatic rings. The maximum Gasteiger partial charge on any atom is 0.410 e. The predicted octanol–water partition coefficient (Wildman–Crippen LogP) is 2.32. The number of sulfonamides is 1. The number of benzene rings is 1. The van der Waals surface area contributed by atoms with Gasteiger partial charge < -0.3 is 5.32 Å². The lowest BCUT2D eigenvalue weighted by Gasteiger charge is -2.33. The van der Waals surface area contributed by atoms with Crippen LogP contribution < -0.4 is 5.32 Å². The van der Waals surface area contributed by atoms with Gasteiger partial charge in [0, 0.05) is 14.1 Å². The molecule has 1 aromatic carbocycles. The lowest BCUT2D eigenvalue weighted by atomic mass is 9.91. The molecule has 4 nitrogen and oxygen atoms in total. The highest BCUT2D eigenvalue weighted by Gasteiger charge is 2.51. The first-order valence-corrected chi connectivity index (χ1v) is 7.75. The molecule has 0 heterocycles. The van der Waals surface area contributed by atoms with Crippen molar-refractivity contribution in [3.05, 3.63) is 29.8 Å². The Hall–Kier alpha value is -1.12. The smallest absolute Gasteiger partial charge is 0.300 e. The van der Waals surface area contributed by atoms with Gasteiger partial charge in [0.2, 0.25) is 10.0 Å². The van der Waals surface area contributed by atoms with Gasteiger partial charge in [-0.1, -0.05) is 19.1 Å². The monoisotopic (exact) mass is 324 g/mol. The number of halogens is 3. The van der Waals surface area contributed by atoms with E-state index in [0.29, 0.717) is 0 Å². The van der Waals surface area contributed by atoms with Crippen LogP contribution in [0.25, 0.3) is 0 Å². The van der Waals surface area contributed by atoms with E-state index in [-0.39, 0.29) is 17.0 Å². The number of hydrogen-bond donors (Lipinski definition) is 1. The van der Waals surface area contributed by atoms with Crippen LogP contribution in [0.3, 0.4) is 0 Å². The fourth-order valence-corrected chi connectivity index (χ4v) is 2.79. The van der Waals surface area contributed by atoms with E-state index in [1.54, 1.807) is 6.92 Å². The first kappa shape index (κ1) is 17.9. The zero-order chi connectivity index (χ0) is 16.5. The van der Waals surface area contributed by atoms with Crippen molar-refractivity contribution in [2.24, 2.45) is 0 Å². The molecule has 120 valence electrons. The molecule has 0 saturated heterocycles. The minimum Gasteiger partial charge on any atom is -0.300 e. The average Bonchev–Trinajstić information content (AvgIpc) is 2.37. The molecule has 1 N–H and O–H groups in total. The second kappa shape index (κ2) is 5.94. The van der Waals surface area contributed by atoms with Crippen molar-refractivity contribution in [1.82, 2.24) is 9.62 Å². The fourth-order valence-electron chi connectivity index (χ4n) is 1.89. The molecule has 0 aliphatic heterocycles. The van der Waals surface area contributed by atoms with Crippen molar-refractivity contribution in [1.29, 1.82) is 0 Å². The van der Waals surface area contributed by atoms with Gasteiger partial charge >= 0.3 is 6.18 Å². The highest BCUT2D eigenvalue weighted by Crippen LogP contribution is 2.38. The Balaban J connectivity index is 3.28. The zero-order valence-corrected chi connectivity index (χ0v) is 13.1. The van der Waals surface area contributed by atoms with Gasteiger partial charge in [-0.3, -0.25) is 0 Å². The Bertz CT molecular complexity index is 582. The maximum atomic E-state index is 13.3. The first-order valence-electron chi connectivity index (χ1n) is 6.31. The normalized spacial score (nSPS) is 16.0. The maximum absolute atomic E-state index is 13.3. The topological polar surface area (TPSA) is 49.4 Å². The molecule has 8 heteroatoms. The van der Waals surface area contributed by atoms with Crippen molar-refractivity contribution in [2.75, 3.05) is 20.6 Å². The first-order chi connectivity index (χ1) is 9.46. The van der Waals surface area contributed by atoms with Crippen molar-refractivity contribution in [3.63, 3.8) is 0 Å². The van der Waals surface area contributed by atoms with Crippen LogP contribution >= 0.6 is 0 Å². The number of rotatable bonds is 5. The zero-order valence-electron chi connectivity index (χ0n) is 12.3. The minimum atomic E-state index is -4.50. The summed E-state index contributed by atoms with van der Waals surface area (Å²) >= 11 is 0. The van der Waals surface area contributed by atoms with E-state index < -0.39 is 21.7 Å². The molecule has 0 bridgehead atoms. The van der Waals surface area contributed by atoms with E-state index in [0.717, 1.165) is 11.2 Å². The molecule has 0 aliphatic carbocycles. The Morgan fingerprint density at radius 1 is 1.14 bits per heavy atom. The van der Waals surface area contributed by atoms with Gasteiger partial charge in [0.15, 0.2) is 0 Å². The third-order valence-electron chi connectivity index (χ3n) is 3.31. The Labute approximate surface area is 123 Å². The summed E-state index contributed by atoms with van der Waals surface area (Å²) in [5.41, 5.74) is -2.25. The van der Waals surface area contributed by atoms with Crippen LogP contribution in [-0.4, -0.2) is 39.5 Å². The molecule has 1 rings (SSSR count). The summed E-state index contributed by atoms with van der Waals surface area (Å²) in [4.78, 5) is -0.0442. The van der Waals surface area contributed by atoms with Gasteiger partial charge in [0.25, 0.3) is 0 Å². The minimum absolute atomic E-state index is 0.0328. The summed E-state index contributed by atoms with van der Waals surface area (Å²) in [6.07, 6.45) is -4.50. The largest absolute Gasteiger partial charge is 0.410 e. The number of nitrogens with one attached hydrogen (secondary N) is 1. The Kier molecular flexibility index (Phi) is 5.07. The predicted molar refractivity (Wildman–Crippen MR) is 74.4 cm³/mol. The van der Waals surface area contributed by atoms with E-state index in [9.17, 15) is 21.6 Å². The lowest BCUT2D eigenvalue weighted by molar-refractivity contribution is -0.195.